The van der Waals surface area contributed by atoms with E-state index in [-0.39, 0.29) is 108 Å². The molecule has 0 aromatic rings. The summed E-state index contributed by atoms with van der Waals surface area (Å²) in [7, 11) is 0. The Bertz CT molecular complexity index is 13.5. The maximum Gasteiger partial charge on any atom is 4.00 e. The van der Waals surface area contributed by atoms with Crippen LogP contribution in [0.2, 0.25) is 0 Å². The fraction of sp³-hybridized carbons (Fsp3) is 0. The third-order valence-electron chi connectivity index (χ3n) is 0. The van der Waals surface area contributed by atoms with E-state index >= 15 is 0 Å². The first-order chi connectivity index (χ1) is 0. The molecule has 0 fully saturated rings. The zero-order chi connectivity index (χ0) is 0. The number of hydrogen-bond acceptors (Lipinski definition) is 0. The van der Waals surface area contributed by atoms with Gasteiger partial charge in [-0.05, 0) is 0 Å². The molecule has 0 aromatic carbocycles. The Morgan fingerprint density at radius 3 is 0.833 bits per heavy atom. The minimum Gasteiger partial charge on any atom is -2.00 e. The zero-order valence-electron chi connectivity index (χ0n) is 3.18. The van der Waals surface area contributed by atoms with Crippen LogP contribution in [-0.4, -0.2) is 69.5 Å². The summed E-state index contributed by atoms with van der Waals surface area (Å²) < 4.78 is 0. The summed E-state index contributed by atoms with van der Waals surface area (Å²) in [6.45, 7) is 0. The van der Waals surface area contributed by atoms with Crippen molar-refractivity contribution in [1.82, 2.24) is 0 Å². The van der Waals surface area contributed by atoms with E-state index in [0.29, 0.717) is 0 Å². The van der Waals surface area contributed by atoms with E-state index in [4.69, 9.17) is 0 Å². The third kappa shape index (κ3) is 27.3. The average molecular weight is 448 g/mol. The molecule has 6 heavy (non-hydrogen) atoms. The molecule has 0 unspecified atom stereocenters. The van der Waals surface area contributed by atoms with Crippen LogP contribution in [-0.2, 0) is 38.3 Å². The van der Waals surface area contributed by atoms with Gasteiger partial charge in [-0.25, -0.2) is 0 Å². The normalized spacial score (nSPS) is 0. The molecule has 0 rings (SSSR count). The third-order valence-corrected chi connectivity index (χ3v) is 0. The molecule has 0 aliphatic carbocycles. The van der Waals surface area contributed by atoms with Crippen molar-refractivity contribution in [2.75, 3.05) is 0 Å². The Labute approximate surface area is 106 Å². The second-order valence-electron chi connectivity index (χ2n) is 0. The van der Waals surface area contributed by atoms with Gasteiger partial charge in [-0.15, -0.1) is 0 Å². The SMILES string of the molecule is [Cd].[Ga].[In].[O-2].[O-2].[Sn+4]. The van der Waals surface area contributed by atoms with Crippen LogP contribution in [0, 0.1) is 0 Å². The van der Waals surface area contributed by atoms with Crippen LogP contribution in [0.1, 0.15) is 0 Å². The standard InChI is InChI=1S/Cd.Ga.In.2O.Sn/q;;;2*-2;+4. The van der Waals surface area contributed by atoms with E-state index in [1.165, 1.54) is 0 Å². The molecule has 0 N–H and O–H groups in total. The fourth-order valence-electron chi connectivity index (χ4n) is 0. The van der Waals surface area contributed by atoms with E-state index in [1.807, 2.05) is 0 Å². The first-order valence-electron chi connectivity index (χ1n) is 0. The molecule has 0 bridgehead atoms. The van der Waals surface area contributed by atoms with Gasteiger partial charge in [0.25, 0.3) is 0 Å². The zero-order valence-corrected chi connectivity index (χ0v) is 15.8. The van der Waals surface area contributed by atoms with Crippen molar-refractivity contribution >= 4 is 69.5 Å². The van der Waals surface area contributed by atoms with Crippen molar-refractivity contribution in [3.05, 3.63) is 0 Å². The van der Waals surface area contributed by atoms with E-state index in [0.717, 1.165) is 0 Å². The molecule has 0 aromatic heterocycles. The summed E-state index contributed by atoms with van der Waals surface area (Å²) in [5.74, 6) is 0. The Morgan fingerprint density at radius 2 is 0.833 bits per heavy atom. The van der Waals surface area contributed by atoms with Crippen molar-refractivity contribution in [1.29, 1.82) is 0 Å². The van der Waals surface area contributed by atoms with Gasteiger partial charge in [0.1, 0.15) is 0 Å². The number of rotatable bonds is 0. The minimum absolute atomic E-state index is 0. The van der Waals surface area contributed by atoms with Crippen molar-refractivity contribution < 1.29 is 38.3 Å². The van der Waals surface area contributed by atoms with Crippen LogP contribution in [0.3, 0.4) is 0 Å². The molecule has 24 valence electrons. The average Bonchev–Trinajstić information content (AvgIpc) is 0. The van der Waals surface area contributed by atoms with Crippen LogP contribution < -0.4 is 0 Å². The van der Waals surface area contributed by atoms with E-state index in [1.54, 1.807) is 0 Å². The molecular formula is CdGaInO2Sn. The molecule has 0 heterocycles. The molecular weight excluding hydrogens is 448 g/mol. The minimum atomic E-state index is 0. The predicted molar refractivity (Wildman–Crippen MR) is 18.6 cm³/mol. The molecule has 6 radical (unpaired) electrons. The van der Waals surface area contributed by atoms with Gasteiger partial charge < -0.3 is 11.0 Å². The van der Waals surface area contributed by atoms with Gasteiger partial charge in [0, 0.05) is 72.9 Å². The second-order valence-corrected chi connectivity index (χ2v) is 0. The first kappa shape index (κ1) is 61.3. The summed E-state index contributed by atoms with van der Waals surface area (Å²) >= 11 is 0. The van der Waals surface area contributed by atoms with Crippen molar-refractivity contribution in [2.24, 2.45) is 0 Å². The Balaban J connectivity index is 0. The smallest absolute Gasteiger partial charge is 2.00 e. The van der Waals surface area contributed by atoms with Gasteiger partial charge in [-0.1, -0.05) is 0 Å². The molecule has 6 heteroatoms. The van der Waals surface area contributed by atoms with Crippen LogP contribution in [0.5, 0.6) is 0 Å². The topological polar surface area (TPSA) is 57.0 Å². The summed E-state index contributed by atoms with van der Waals surface area (Å²) in [5, 5.41) is 0. The van der Waals surface area contributed by atoms with Crippen molar-refractivity contribution in [3.63, 3.8) is 0 Å². The Morgan fingerprint density at radius 1 is 0.833 bits per heavy atom. The summed E-state index contributed by atoms with van der Waals surface area (Å²) in [4.78, 5) is 0. The van der Waals surface area contributed by atoms with E-state index < -0.39 is 0 Å². The molecule has 0 aliphatic heterocycles. The fourth-order valence-corrected chi connectivity index (χ4v) is 0. The monoisotopic (exact) mass is 450 g/mol. The summed E-state index contributed by atoms with van der Waals surface area (Å²) in [5.41, 5.74) is 0. The maximum absolute atomic E-state index is 0. The van der Waals surface area contributed by atoms with Crippen molar-refractivity contribution in [2.45, 2.75) is 0 Å². The largest absolute Gasteiger partial charge is 4.00 e. The van der Waals surface area contributed by atoms with Gasteiger partial charge in [-0.2, -0.15) is 0 Å². The summed E-state index contributed by atoms with van der Waals surface area (Å²) in [6.07, 6.45) is 0. The van der Waals surface area contributed by atoms with Crippen LogP contribution in [0.15, 0.2) is 0 Å². The predicted octanol–water partition coefficient (Wildman–Crippen LogP) is -1.38. The van der Waals surface area contributed by atoms with Gasteiger partial charge in [0.05, 0.1) is 0 Å². The first-order valence-corrected chi connectivity index (χ1v) is 0. The Hall–Kier alpha value is 3.15. The molecule has 2 nitrogen and oxygen atoms in total. The second kappa shape index (κ2) is 42.0. The van der Waals surface area contributed by atoms with Crippen LogP contribution in [0.4, 0.5) is 0 Å². The van der Waals surface area contributed by atoms with Gasteiger partial charge >= 0.3 is 23.9 Å². The molecule has 0 saturated carbocycles. The quantitative estimate of drug-likeness (QED) is 0.411. The molecule has 0 atom stereocenters. The maximum atomic E-state index is 0. The van der Waals surface area contributed by atoms with Gasteiger partial charge in [-0.3, -0.25) is 0 Å². The molecule has 0 saturated heterocycles. The van der Waals surface area contributed by atoms with Crippen LogP contribution in [0.25, 0.3) is 0 Å². The summed E-state index contributed by atoms with van der Waals surface area (Å²) in [6, 6.07) is 0. The molecule has 0 aliphatic rings. The molecule has 0 spiro atoms. The van der Waals surface area contributed by atoms with Crippen molar-refractivity contribution in [3.8, 4) is 0 Å². The van der Waals surface area contributed by atoms with E-state index in [9.17, 15) is 0 Å². The number of hydrogen-bond donors (Lipinski definition) is 0. The molecule has 0 amide bonds. The van der Waals surface area contributed by atoms with Crippen LogP contribution >= 0.6 is 0 Å². The Kier molecular flexibility index (Phi) is 429. The van der Waals surface area contributed by atoms with E-state index in [2.05, 4.69) is 0 Å². The van der Waals surface area contributed by atoms with Gasteiger partial charge in [0.2, 0.25) is 0 Å². The van der Waals surface area contributed by atoms with Gasteiger partial charge in [0.15, 0.2) is 0 Å².